The molecule has 0 aliphatic heterocycles. The maximum absolute atomic E-state index is 12.2. The number of pyridine rings is 1. The molecule has 0 unspecified atom stereocenters. The van der Waals surface area contributed by atoms with Gasteiger partial charge in [-0.15, -0.1) is 0 Å². The molecule has 0 fully saturated rings. The predicted molar refractivity (Wildman–Crippen MR) is 110 cm³/mol. The van der Waals surface area contributed by atoms with Crippen LogP contribution in [0.15, 0.2) is 54.6 Å². The third-order valence-electron chi connectivity index (χ3n) is 4.61. The zero-order valence-electron chi connectivity index (χ0n) is 16.2. The lowest BCUT2D eigenvalue weighted by molar-refractivity contribution is -0.147. The van der Waals surface area contributed by atoms with E-state index < -0.39 is 5.97 Å². The number of aromatic nitrogens is 1. The molecule has 0 radical (unpaired) electrons. The highest BCUT2D eigenvalue weighted by Crippen LogP contribution is 2.21. The Morgan fingerprint density at radius 3 is 2.68 bits per heavy atom. The van der Waals surface area contributed by atoms with Crippen LogP contribution in [0.1, 0.15) is 30.2 Å². The number of anilines is 1. The van der Waals surface area contributed by atoms with Crippen molar-refractivity contribution in [3.05, 3.63) is 71.4 Å². The number of benzene rings is 2. The average Bonchev–Trinajstić information content (AvgIpc) is 2.72. The summed E-state index contributed by atoms with van der Waals surface area (Å²) < 4.78 is 5.12. The smallest absolute Gasteiger partial charge is 0.306 e. The van der Waals surface area contributed by atoms with Gasteiger partial charge in [0.25, 0.3) is 5.91 Å². The van der Waals surface area contributed by atoms with Gasteiger partial charge in [-0.2, -0.15) is 0 Å². The topological polar surface area (TPSA) is 68.3 Å². The van der Waals surface area contributed by atoms with Gasteiger partial charge in [0.1, 0.15) is 0 Å². The van der Waals surface area contributed by atoms with Crippen molar-refractivity contribution < 1.29 is 14.3 Å². The number of rotatable bonds is 7. The number of nitrogens with zero attached hydrogens (tertiary/aromatic N) is 1. The van der Waals surface area contributed by atoms with Gasteiger partial charge in [0.15, 0.2) is 6.61 Å². The van der Waals surface area contributed by atoms with Crippen molar-refractivity contribution in [1.29, 1.82) is 0 Å². The molecule has 1 N–H and O–H groups in total. The van der Waals surface area contributed by atoms with Crippen LogP contribution in [0.2, 0.25) is 0 Å². The Labute approximate surface area is 164 Å². The second-order valence-corrected chi connectivity index (χ2v) is 6.67. The third kappa shape index (κ3) is 4.94. The summed E-state index contributed by atoms with van der Waals surface area (Å²) in [5.41, 5.74) is 4.57. The minimum absolute atomic E-state index is 0.184. The van der Waals surface area contributed by atoms with Crippen molar-refractivity contribution in [2.24, 2.45) is 0 Å². The third-order valence-corrected chi connectivity index (χ3v) is 4.61. The fourth-order valence-electron chi connectivity index (χ4n) is 3.07. The first-order valence-electron chi connectivity index (χ1n) is 9.45. The van der Waals surface area contributed by atoms with Gasteiger partial charge in [0, 0.05) is 23.2 Å². The van der Waals surface area contributed by atoms with E-state index in [0.29, 0.717) is 6.42 Å². The minimum Gasteiger partial charge on any atom is -0.456 e. The summed E-state index contributed by atoms with van der Waals surface area (Å²) in [4.78, 5) is 28.7. The van der Waals surface area contributed by atoms with Crippen LogP contribution in [0.5, 0.6) is 0 Å². The lowest BCUT2D eigenvalue weighted by atomic mass is 10.1. The van der Waals surface area contributed by atoms with Gasteiger partial charge in [-0.05, 0) is 36.6 Å². The highest BCUT2D eigenvalue weighted by molar-refractivity contribution is 5.94. The molecule has 0 atom stereocenters. The summed E-state index contributed by atoms with van der Waals surface area (Å²) in [6, 6.07) is 17.6. The molecular weight excluding hydrogens is 352 g/mol. The molecule has 3 aromatic rings. The fraction of sp³-hybridized carbons (Fsp3) is 0.261. The zero-order valence-corrected chi connectivity index (χ0v) is 16.2. The quantitative estimate of drug-likeness (QED) is 0.627. The maximum atomic E-state index is 12.2. The number of hydrogen-bond donors (Lipinski definition) is 1. The molecule has 3 rings (SSSR count). The molecular formula is C23H24N2O3. The Kier molecular flexibility index (Phi) is 6.37. The van der Waals surface area contributed by atoms with Crippen LogP contribution in [-0.4, -0.2) is 23.5 Å². The average molecular weight is 376 g/mol. The number of aryl methyl sites for hydroxylation is 3. The number of carbonyl (C=O) groups excluding carboxylic acids is 2. The Hall–Kier alpha value is -3.21. The van der Waals surface area contributed by atoms with Crippen LogP contribution in [0, 0.1) is 6.92 Å². The molecule has 1 heterocycles. The monoisotopic (exact) mass is 376 g/mol. The van der Waals surface area contributed by atoms with Gasteiger partial charge in [0.2, 0.25) is 0 Å². The van der Waals surface area contributed by atoms with Crippen LogP contribution in [0.25, 0.3) is 10.9 Å². The first kappa shape index (κ1) is 19.5. The van der Waals surface area contributed by atoms with Crippen LogP contribution < -0.4 is 5.32 Å². The van der Waals surface area contributed by atoms with Crippen LogP contribution in [-0.2, 0) is 27.2 Å². The lowest BCUT2D eigenvalue weighted by Crippen LogP contribution is -2.22. The summed E-state index contributed by atoms with van der Waals surface area (Å²) in [7, 11) is 0. The van der Waals surface area contributed by atoms with E-state index in [4.69, 9.17) is 4.74 Å². The zero-order chi connectivity index (χ0) is 19.9. The van der Waals surface area contributed by atoms with E-state index >= 15 is 0 Å². The van der Waals surface area contributed by atoms with Gasteiger partial charge >= 0.3 is 5.97 Å². The van der Waals surface area contributed by atoms with E-state index in [1.165, 1.54) is 0 Å². The van der Waals surface area contributed by atoms with Crippen molar-refractivity contribution in [2.75, 3.05) is 11.9 Å². The summed E-state index contributed by atoms with van der Waals surface area (Å²) >= 11 is 0. The molecule has 5 nitrogen and oxygen atoms in total. The molecule has 0 aliphatic rings. The number of ether oxygens (including phenoxy) is 1. The maximum Gasteiger partial charge on any atom is 0.306 e. The molecule has 28 heavy (non-hydrogen) atoms. The summed E-state index contributed by atoms with van der Waals surface area (Å²) in [5, 5.41) is 3.91. The van der Waals surface area contributed by atoms with E-state index in [1.54, 1.807) is 0 Å². The van der Waals surface area contributed by atoms with E-state index in [9.17, 15) is 9.59 Å². The Balaban J connectivity index is 1.49. The van der Waals surface area contributed by atoms with Crippen molar-refractivity contribution in [3.8, 4) is 0 Å². The number of amides is 1. The van der Waals surface area contributed by atoms with E-state index in [-0.39, 0.29) is 18.9 Å². The summed E-state index contributed by atoms with van der Waals surface area (Å²) in [5.74, 6) is -0.744. The number of hydrogen-bond acceptors (Lipinski definition) is 4. The number of nitrogens with one attached hydrogen (secondary N) is 1. The summed E-state index contributed by atoms with van der Waals surface area (Å²) in [6.45, 7) is 3.68. The van der Waals surface area contributed by atoms with Gasteiger partial charge < -0.3 is 10.1 Å². The van der Waals surface area contributed by atoms with E-state index in [1.807, 2.05) is 68.4 Å². The standard InChI is InChI=1S/C23H24N2O3/c1-3-17-9-6-7-16(2)23(17)25-21(26)15-28-22(27)14-13-19-12-11-18-8-4-5-10-20(18)24-19/h4-12H,3,13-15H2,1-2H3,(H,25,26). The van der Waals surface area contributed by atoms with Crippen LogP contribution in [0.4, 0.5) is 5.69 Å². The molecule has 1 aromatic heterocycles. The van der Waals surface area contributed by atoms with E-state index in [2.05, 4.69) is 10.3 Å². The second kappa shape index (κ2) is 9.13. The molecule has 0 saturated heterocycles. The fourth-order valence-corrected chi connectivity index (χ4v) is 3.07. The second-order valence-electron chi connectivity index (χ2n) is 6.67. The molecule has 5 heteroatoms. The lowest BCUT2D eigenvalue weighted by Gasteiger charge is -2.13. The Bertz CT molecular complexity index is 998. The summed E-state index contributed by atoms with van der Waals surface area (Å²) in [6.07, 6.45) is 1.47. The van der Waals surface area contributed by atoms with Crippen molar-refractivity contribution in [1.82, 2.24) is 4.98 Å². The number of para-hydroxylation sites is 2. The SMILES string of the molecule is CCc1cccc(C)c1NC(=O)COC(=O)CCc1ccc2ccccc2n1. The normalized spacial score (nSPS) is 10.6. The van der Waals surface area contributed by atoms with Gasteiger partial charge in [-0.1, -0.05) is 49.4 Å². The largest absolute Gasteiger partial charge is 0.456 e. The molecule has 2 aromatic carbocycles. The number of fused-ring (bicyclic) bond motifs is 1. The molecule has 1 amide bonds. The van der Waals surface area contributed by atoms with Gasteiger partial charge in [0.05, 0.1) is 11.9 Å². The van der Waals surface area contributed by atoms with E-state index in [0.717, 1.165) is 39.8 Å². The molecule has 0 spiro atoms. The van der Waals surface area contributed by atoms with Crippen LogP contribution in [0.3, 0.4) is 0 Å². The molecule has 144 valence electrons. The van der Waals surface area contributed by atoms with Gasteiger partial charge in [-0.3, -0.25) is 14.6 Å². The highest BCUT2D eigenvalue weighted by atomic mass is 16.5. The van der Waals surface area contributed by atoms with Crippen LogP contribution >= 0.6 is 0 Å². The van der Waals surface area contributed by atoms with Crippen molar-refractivity contribution >= 4 is 28.5 Å². The minimum atomic E-state index is -0.411. The first-order chi connectivity index (χ1) is 13.6. The molecule has 0 bridgehead atoms. The highest BCUT2D eigenvalue weighted by Gasteiger charge is 2.12. The number of esters is 1. The van der Waals surface area contributed by atoms with Crippen molar-refractivity contribution in [3.63, 3.8) is 0 Å². The Morgan fingerprint density at radius 2 is 1.86 bits per heavy atom. The van der Waals surface area contributed by atoms with Crippen molar-refractivity contribution in [2.45, 2.75) is 33.1 Å². The first-order valence-corrected chi connectivity index (χ1v) is 9.45. The molecule has 0 aliphatic carbocycles. The van der Waals surface area contributed by atoms with Gasteiger partial charge in [-0.25, -0.2) is 0 Å². The predicted octanol–water partition coefficient (Wildman–Crippen LogP) is 4.22. The number of carbonyl (C=O) groups is 2. The Morgan fingerprint density at radius 1 is 1.04 bits per heavy atom. The molecule has 0 saturated carbocycles.